The fraction of sp³-hybridized carbons (Fsp3) is 0.0417. The molecule has 55 heavy (non-hydrogen) atoms. The van der Waals surface area contributed by atoms with Gasteiger partial charge in [-0.05, 0) is 65.6 Å². The summed E-state index contributed by atoms with van der Waals surface area (Å²) in [6.07, 6.45) is 6.17. The van der Waals surface area contributed by atoms with Crippen LogP contribution in [0.4, 0.5) is 5.69 Å². The van der Waals surface area contributed by atoms with E-state index in [1.165, 1.54) is 21.8 Å². The molecule has 0 N–H and O–H groups in total. The van der Waals surface area contributed by atoms with Crippen molar-refractivity contribution >= 4 is 50.7 Å². The van der Waals surface area contributed by atoms with Crippen LogP contribution in [-0.2, 0) is 0 Å². The van der Waals surface area contributed by atoms with Crippen molar-refractivity contribution in [1.29, 1.82) is 0 Å². The van der Waals surface area contributed by atoms with E-state index in [0.29, 0.717) is 0 Å². The van der Waals surface area contributed by atoms with Crippen LogP contribution in [0, 0.1) is 0 Å². The van der Waals surface area contributed by atoms with Crippen molar-refractivity contribution in [2.45, 2.75) is 0 Å². The van der Waals surface area contributed by atoms with E-state index in [9.17, 15) is 0 Å². The molecule has 0 fully saturated rings. The Labute approximate surface area is 320 Å². The number of anilines is 1. The van der Waals surface area contributed by atoms with E-state index in [4.69, 9.17) is 10.1 Å². The van der Waals surface area contributed by atoms with E-state index in [2.05, 4.69) is 202 Å². The third-order valence-electron chi connectivity index (χ3n) is 10.6. The highest BCUT2D eigenvalue weighted by atomic mass is 15.3. The maximum absolute atomic E-state index is 5.48. The third kappa shape index (κ3) is 5.78. The molecule has 1 aliphatic heterocycles. The number of aromatic nitrogens is 4. The SMILES string of the molecule is CN1C=CN(c2ccc3c4ccccc4n(-c4cccc(B(c5ccccn5)c5c(-c6ccccc6)nn(-c6ccccc6)c5-c5ccccc5)c4)c3c2)C1. The minimum absolute atomic E-state index is 0.252. The van der Waals surface area contributed by atoms with Crippen LogP contribution in [0.3, 0.4) is 0 Å². The molecule has 0 aliphatic carbocycles. The summed E-state index contributed by atoms with van der Waals surface area (Å²) < 4.78 is 4.53. The molecule has 6 nitrogen and oxygen atoms in total. The minimum atomic E-state index is -0.252. The second-order valence-corrected chi connectivity index (χ2v) is 14.1. The number of pyridine rings is 1. The van der Waals surface area contributed by atoms with Gasteiger partial charge in [0.05, 0.1) is 34.8 Å². The largest absolute Gasteiger partial charge is 0.361 e. The first-order valence-electron chi connectivity index (χ1n) is 18.7. The molecule has 6 aromatic carbocycles. The lowest BCUT2D eigenvalue weighted by molar-refractivity contribution is 0.496. The van der Waals surface area contributed by atoms with Gasteiger partial charge in [-0.1, -0.05) is 127 Å². The van der Waals surface area contributed by atoms with Gasteiger partial charge in [-0.2, -0.15) is 5.10 Å². The molecule has 3 aromatic heterocycles. The van der Waals surface area contributed by atoms with Crippen LogP contribution in [0.2, 0.25) is 0 Å². The molecule has 262 valence electrons. The Morgan fingerprint density at radius 2 is 1.24 bits per heavy atom. The van der Waals surface area contributed by atoms with Gasteiger partial charge in [-0.15, -0.1) is 0 Å². The van der Waals surface area contributed by atoms with Gasteiger partial charge in [0, 0.05) is 58.9 Å². The van der Waals surface area contributed by atoms with Gasteiger partial charge in [-0.25, -0.2) is 4.68 Å². The molecule has 0 saturated heterocycles. The van der Waals surface area contributed by atoms with E-state index < -0.39 is 0 Å². The molecule has 0 saturated carbocycles. The summed E-state index contributed by atoms with van der Waals surface area (Å²) >= 11 is 0. The van der Waals surface area contributed by atoms with Gasteiger partial charge < -0.3 is 14.4 Å². The normalized spacial score (nSPS) is 12.6. The van der Waals surface area contributed by atoms with E-state index in [1.54, 1.807) is 0 Å². The molecule has 0 unspecified atom stereocenters. The molecule has 0 amide bonds. The second kappa shape index (κ2) is 13.7. The number of hydrogen-bond donors (Lipinski definition) is 0. The second-order valence-electron chi connectivity index (χ2n) is 14.1. The van der Waals surface area contributed by atoms with Crippen molar-refractivity contribution in [3.63, 3.8) is 0 Å². The summed E-state index contributed by atoms with van der Waals surface area (Å²) in [5, 5.41) is 7.93. The van der Waals surface area contributed by atoms with Crippen LogP contribution in [0.15, 0.2) is 195 Å². The highest BCUT2D eigenvalue weighted by Crippen LogP contribution is 2.35. The highest BCUT2D eigenvalue weighted by Gasteiger charge is 2.34. The molecule has 0 atom stereocenters. The monoisotopic (exact) mass is 708 g/mol. The van der Waals surface area contributed by atoms with Crippen LogP contribution in [0.25, 0.3) is 55.7 Å². The molecule has 0 radical (unpaired) electrons. The van der Waals surface area contributed by atoms with Gasteiger partial charge in [0.1, 0.15) is 0 Å². The highest BCUT2D eigenvalue weighted by molar-refractivity contribution is 6.96. The van der Waals surface area contributed by atoms with Crippen LogP contribution < -0.4 is 21.4 Å². The number of rotatable bonds is 8. The van der Waals surface area contributed by atoms with Gasteiger partial charge in [0.25, 0.3) is 6.71 Å². The maximum Gasteiger partial charge on any atom is 0.270 e. The van der Waals surface area contributed by atoms with Gasteiger partial charge in [0.2, 0.25) is 0 Å². The summed E-state index contributed by atoms with van der Waals surface area (Å²) in [5.41, 5.74) is 12.9. The molecule has 0 spiro atoms. The number of fused-ring (bicyclic) bond motifs is 3. The molecule has 10 rings (SSSR count). The van der Waals surface area contributed by atoms with Gasteiger partial charge >= 0.3 is 0 Å². The van der Waals surface area contributed by atoms with Crippen molar-refractivity contribution in [3.8, 4) is 33.9 Å². The maximum atomic E-state index is 5.48. The Hall–Kier alpha value is -7.12. The van der Waals surface area contributed by atoms with Crippen LogP contribution in [0.1, 0.15) is 0 Å². The summed E-state index contributed by atoms with van der Waals surface area (Å²) in [4.78, 5) is 9.55. The fourth-order valence-corrected chi connectivity index (χ4v) is 8.13. The Kier molecular flexibility index (Phi) is 8.10. The Bertz CT molecular complexity index is 2810. The van der Waals surface area contributed by atoms with Crippen molar-refractivity contribution in [3.05, 3.63) is 195 Å². The zero-order valence-corrected chi connectivity index (χ0v) is 30.4. The first-order chi connectivity index (χ1) is 27.2. The van der Waals surface area contributed by atoms with Crippen molar-refractivity contribution in [2.75, 3.05) is 18.6 Å². The zero-order valence-electron chi connectivity index (χ0n) is 30.4. The summed E-state index contributed by atoms with van der Waals surface area (Å²) in [5.74, 6) is 0. The van der Waals surface area contributed by atoms with E-state index in [0.717, 1.165) is 62.8 Å². The Balaban J connectivity index is 1.25. The standard InChI is InChI=1S/C48H37BN6/c1-52-30-31-53(34-52)39-27-28-42-41-24-11-12-25-43(41)54(44(42)33-39)40-23-15-20-37(32-40)49(45-26-13-14-29-50-45)46-47(35-16-5-2-6-17-35)51-55(38-21-9-4-10-22-38)48(46)36-18-7-3-8-19-36/h2-33H,34H2,1H3. The molecular formula is C48H37BN6. The van der Waals surface area contributed by atoms with E-state index >= 15 is 0 Å². The van der Waals surface area contributed by atoms with Crippen molar-refractivity contribution < 1.29 is 0 Å². The minimum Gasteiger partial charge on any atom is -0.361 e. The first kappa shape index (κ1) is 32.5. The quantitative estimate of drug-likeness (QED) is 0.149. The average molecular weight is 709 g/mol. The lowest BCUT2D eigenvalue weighted by atomic mass is 9.37. The zero-order chi connectivity index (χ0) is 36.7. The predicted molar refractivity (Wildman–Crippen MR) is 228 cm³/mol. The molecule has 0 bridgehead atoms. The molecule has 1 aliphatic rings. The lowest BCUT2D eigenvalue weighted by Gasteiger charge is -2.20. The number of benzene rings is 6. The van der Waals surface area contributed by atoms with E-state index in [1.807, 2.05) is 18.3 Å². The third-order valence-corrected chi connectivity index (χ3v) is 10.6. The predicted octanol–water partition coefficient (Wildman–Crippen LogP) is 8.40. The Morgan fingerprint density at radius 3 is 1.98 bits per heavy atom. The summed E-state index contributed by atoms with van der Waals surface area (Å²) in [7, 11) is 2.10. The average Bonchev–Trinajstić information content (AvgIpc) is 3.96. The number of para-hydroxylation sites is 2. The molecule has 9 aromatic rings. The summed E-state index contributed by atoms with van der Waals surface area (Å²) in [6.45, 7) is 0.565. The number of hydrogen-bond acceptors (Lipinski definition) is 4. The van der Waals surface area contributed by atoms with E-state index in [-0.39, 0.29) is 6.71 Å². The topological polar surface area (TPSA) is 42.1 Å². The van der Waals surface area contributed by atoms with Gasteiger partial charge in [0.15, 0.2) is 0 Å². The smallest absolute Gasteiger partial charge is 0.270 e. The van der Waals surface area contributed by atoms with Crippen LogP contribution in [0.5, 0.6) is 0 Å². The van der Waals surface area contributed by atoms with Crippen LogP contribution in [-0.4, -0.2) is 44.7 Å². The first-order valence-corrected chi connectivity index (χ1v) is 18.7. The van der Waals surface area contributed by atoms with Crippen LogP contribution >= 0.6 is 0 Å². The van der Waals surface area contributed by atoms with Gasteiger partial charge in [-0.3, -0.25) is 4.98 Å². The van der Waals surface area contributed by atoms with Crippen molar-refractivity contribution in [2.24, 2.45) is 0 Å². The van der Waals surface area contributed by atoms with Crippen molar-refractivity contribution in [1.82, 2.24) is 24.2 Å². The Morgan fingerprint density at radius 1 is 0.545 bits per heavy atom. The fourth-order valence-electron chi connectivity index (χ4n) is 8.13. The molecule has 4 heterocycles. The molecule has 7 heteroatoms. The summed E-state index contributed by atoms with van der Waals surface area (Å²) in [6, 6.07) is 62.4. The molecular weight excluding hydrogens is 671 g/mol. The lowest BCUT2D eigenvalue weighted by Crippen LogP contribution is -2.54. The number of nitrogens with zero attached hydrogens (tertiary/aromatic N) is 6.